The van der Waals surface area contributed by atoms with Crippen LogP contribution in [-0.4, -0.2) is 74.3 Å². The zero-order valence-corrected chi connectivity index (χ0v) is 32.1. The highest BCUT2D eigenvalue weighted by atomic mass is 16.6. The Morgan fingerprint density at radius 3 is 2.61 bits per heavy atom. The molecule has 6 aromatic rings. The molecule has 0 bridgehead atoms. The number of amides is 2. The maximum Gasteiger partial charge on any atom is 0.410 e. The molecule has 0 aliphatic carbocycles. The Balaban J connectivity index is 0.954. The Morgan fingerprint density at radius 2 is 1.79 bits per heavy atom. The van der Waals surface area contributed by atoms with Crippen LogP contribution in [0.1, 0.15) is 74.9 Å². The second-order valence-electron chi connectivity index (χ2n) is 16.1. The van der Waals surface area contributed by atoms with E-state index < -0.39 is 5.60 Å². The third-order valence-electron chi connectivity index (χ3n) is 11.0. The summed E-state index contributed by atoms with van der Waals surface area (Å²) in [6.45, 7) is 8.02. The standard InChI is InChI=1S/C44H46N6O6/c1-44(2,3)56-43(52)50-22-27(23-53-4)17-37(50)40-45-21-35(47-40)29-12-14-31-30(18-29)25-54-38-20-32-28(19-33(31)38)13-15-34-39(32)48-41(46-34)36-11-8-16-49(36)42(51)55-24-26-9-6-5-7-10-26/h5-7,9-10,12-15,18-21,27,36-37H,8,11,16-17,22-25H2,1-4H3,(H,45,47)(H,46,48)/t27-,36?,37-/m0/s1. The van der Waals surface area contributed by atoms with Gasteiger partial charge < -0.3 is 28.9 Å². The molecule has 5 heterocycles. The molecule has 2 aromatic heterocycles. The van der Waals surface area contributed by atoms with Crippen molar-refractivity contribution >= 4 is 34.0 Å². The van der Waals surface area contributed by atoms with Gasteiger partial charge in [-0.25, -0.2) is 19.6 Å². The van der Waals surface area contributed by atoms with Gasteiger partial charge in [-0.05, 0) is 91.9 Å². The lowest BCUT2D eigenvalue weighted by atomic mass is 9.92. The number of ether oxygens (including phenoxy) is 4. The van der Waals surface area contributed by atoms with Crippen molar-refractivity contribution in [3.8, 4) is 28.1 Å². The number of benzene rings is 4. The van der Waals surface area contributed by atoms with E-state index in [1.165, 1.54) is 0 Å². The second-order valence-corrected chi connectivity index (χ2v) is 16.1. The molecule has 2 saturated heterocycles. The normalized spacial score (nSPS) is 19.2. The van der Waals surface area contributed by atoms with Crippen LogP contribution in [0.25, 0.3) is 44.2 Å². The van der Waals surface area contributed by atoms with E-state index in [1.54, 1.807) is 16.9 Å². The van der Waals surface area contributed by atoms with E-state index in [2.05, 4.69) is 52.4 Å². The minimum Gasteiger partial charge on any atom is -0.488 e. The first-order chi connectivity index (χ1) is 27.1. The predicted molar refractivity (Wildman–Crippen MR) is 212 cm³/mol. The molecule has 288 valence electrons. The van der Waals surface area contributed by atoms with E-state index in [0.717, 1.165) is 92.0 Å². The van der Waals surface area contributed by atoms with E-state index in [9.17, 15) is 9.59 Å². The zero-order valence-electron chi connectivity index (χ0n) is 32.1. The molecule has 9 rings (SSSR count). The smallest absolute Gasteiger partial charge is 0.410 e. The van der Waals surface area contributed by atoms with Crippen molar-refractivity contribution in [2.75, 3.05) is 26.8 Å². The van der Waals surface area contributed by atoms with Crippen LogP contribution in [0, 0.1) is 5.92 Å². The Bertz CT molecular complexity index is 2430. The summed E-state index contributed by atoms with van der Waals surface area (Å²) in [6.07, 6.45) is 3.60. The van der Waals surface area contributed by atoms with Crippen LogP contribution in [0.15, 0.2) is 79.0 Å². The highest BCUT2D eigenvalue weighted by molar-refractivity contribution is 6.07. The molecular formula is C44H46N6O6. The first kappa shape index (κ1) is 35.8. The van der Waals surface area contributed by atoms with Gasteiger partial charge in [0, 0.05) is 37.1 Å². The van der Waals surface area contributed by atoms with Crippen LogP contribution in [0.4, 0.5) is 9.59 Å². The van der Waals surface area contributed by atoms with E-state index >= 15 is 0 Å². The summed E-state index contributed by atoms with van der Waals surface area (Å²) < 4.78 is 23.3. The van der Waals surface area contributed by atoms with Crippen molar-refractivity contribution in [1.82, 2.24) is 29.7 Å². The molecule has 0 spiro atoms. The molecule has 4 aromatic carbocycles. The van der Waals surface area contributed by atoms with Crippen LogP contribution in [-0.2, 0) is 27.4 Å². The molecule has 1 unspecified atom stereocenters. The van der Waals surface area contributed by atoms with Gasteiger partial charge in [-0.1, -0.05) is 48.5 Å². The first-order valence-corrected chi connectivity index (χ1v) is 19.4. The predicted octanol–water partition coefficient (Wildman–Crippen LogP) is 9.08. The largest absolute Gasteiger partial charge is 0.488 e. The fourth-order valence-electron chi connectivity index (χ4n) is 8.42. The van der Waals surface area contributed by atoms with Gasteiger partial charge in [0.25, 0.3) is 0 Å². The lowest BCUT2D eigenvalue weighted by Crippen LogP contribution is -2.37. The number of nitrogens with zero attached hydrogens (tertiary/aromatic N) is 4. The number of hydrogen-bond acceptors (Lipinski definition) is 8. The van der Waals surface area contributed by atoms with Crippen LogP contribution in [0.3, 0.4) is 0 Å². The maximum absolute atomic E-state index is 13.2. The van der Waals surface area contributed by atoms with Gasteiger partial charge in [-0.15, -0.1) is 0 Å². The van der Waals surface area contributed by atoms with Gasteiger partial charge in [0.15, 0.2) is 0 Å². The number of carbonyl (C=O) groups is 2. The second kappa shape index (κ2) is 14.3. The van der Waals surface area contributed by atoms with Crippen molar-refractivity contribution < 1.29 is 28.5 Å². The summed E-state index contributed by atoms with van der Waals surface area (Å²) in [6, 6.07) is 24.1. The Kier molecular flexibility index (Phi) is 9.15. The number of H-pyrrole nitrogens is 2. The number of aromatic amines is 2. The third-order valence-corrected chi connectivity index (χ3v) is 11.0. The van der Waals surface area contributed by atoms with Crippen LogP contribution in [0.2, 0.25) is 0 Å². The van der Waals surface area contributed by atoms with E-state index in [-0.39, 0.29) is 36.8 Å². The minimum absolute atomic E-state index is 0.184. The fourth-order valence-corrected chi connectivity index (χ4v) is 8.42. The maximum atomic E-state index is 13.2. The lowest BCUT2D eigenvalue weighted by Gasteiger charge is -2.27. The van der Waals surface area contributed by atoms with Gasteiger partial charge in [-0.3, -0.25) is 9.80 Å². The van der Waals surface area contributed by atoms with Crippen molar-refractivity contribution in [3.63, 3.8) is 0 Å². The van der Waals surface area contributed by atoms with Crippen molar-refractivity contribution in [3.05, 3.63) is 102 Å². The van der Waals surface area contributed by atoms with Crippen LogP contribution >= 0.6 is 0 Å². The van der Waals surface area contributed by atoms with Gasteiger partial charge in [0.1, 0.15) is 36.2 Å². The van der Waals surface area contributed by atoms with Crippen molar-refractivity contribution in [2.24, 2.45) is 5.92 Å². The summed E-state index contributed by atoms with van der Waals surface area (Å²) in [4.78, 5) is 46.8. The molecule has 2 amide bonds. The molecule has 2 fully saturated rings. The molecule has 0 saturated carbocycles. The molecular weight excluding hydrogens is 709 g/mol. The van der Waals surface area contributed by atoms with E-state index in [0.29, 0.717) is 26.3 Å². The first-order valence-electron chi connectivity index (χ1n) is 19.4. The summed E-state index contributed by atoms with van der Waals surface area (Å²) in [5.74, 6) is 2.49. The lowest BCUT2D eigenvalue weighted by molar-refractivity contribution is 0.0208. The number of carbonyl (C=O) groups excluding carboxylic acids is 2. The van der Waals surface area contributed by atoms with Crippen molar-refractivity contribution in [2.45, 2.75) is 70.9 Å². The molecule has 3 atom stereocenters. The number of hydrogen-bond donors (Lipinski definition) is 2. The van der Waals surface area contributed by atoms with Gasteiger partial charge >= 0.3 is 12.2 Å². The molecule has 0 radical (unpaired) electrons. The fraction of sp³-hybridized carbons (Fsp3) is 0.364. The highest BCUT2D eigenvalue weighted by Crippen LogP contribution is 2.43. The number of rotatable bonds is 7. The molecule has 3 aliphatic heterocycles. The third kappa shape index (κ3) is 6.82. The highest BCUT2D eigenvalue weighted by Gasteiger charge is 2.40. The average Bonchev–Trinajstić information content (AvgIpc) is 4.02. The monoisotopic (exact) mass is 754 g/mol. The van der Waals surface area contributed by atoms with Gasteiger partial charge in [0.05, 0.1) is 41.6 Å². The minimum atomic E-state index is -0.598. The SMILES string of the molecule is COC[C@H]1C[C@@H](c2ncc(-c3ccc4c(c3)COc3cc5c(ccc6[nH]c(C7CCCN7C(=O)OCc7ccccc7)nc65)cc3-4)[nH]2)N(C(=O)OC(C)(C)C)C1. The van der Waals surface area contributed by atoms with E-state index in [4.69, 9.17) is 28.9 Å². The zero-order chi connectivity index (χ0) is 38.6. The topological polar surface area (TPSA) is 135 Å². The molecule has 2 N–H and O–H groups in total. The molecule has 3 aliphatic rings. The summed E-state index contributed by atoms with van der Waals surface area (Å²) in [5, 5.41) is 2.04. The molecule has 12 nitrogen and oxygen atoms in total. The van der Waals surface area contributed by atoms with Crippen molar-refractivity contribution in [1.29, 1.82) is 0 Å². The Morgan fingerprint density at radius 1 is 0.929 bits per heavy atom. The number of aromatic nitrogens is 4. The van der Waals surface area contributed by atoms with E-state index in [1.807, 2.05) is 57.3 Å². The van der Waals surface area contributed by atoms with Crippen LogP contribution < -0.4 is 4.74 Å². The average molecular weight is 755 g/mol. The van der Waals surface area contributed by atoms with Crippen LogP contribution in [0.5, 0.6) is 5.75 Å². The Hall–Kier alpha value is -5.88. The van der Waals surface area contributed by atoms with Gasteiger partial charge in [0.2, 0.25) is 0 Å². The number of nitrogens with one attached hydrogen (secondary N) is 2. The number of likely N-dealkylation sites (tertiary alicyclic amines) is 2. The quantitative estimate of drug-likeness (QED) is 0.165. The summed E-state index contributed by atoms with van der Waals surface area (Å²) in [5.41, 5.74) is 7.20. The molecule has 12 heteroatoms. The van der Waals surface area contributed by atoms with Gasteiger partial charge in [-0.2, -0.15) is 0 Å². The number of methoxy groups -OCH3 is 1. The summed E-state index contributed by atoms with van der Waals surface area (Å²) in [7, 11) is 1.69. The summed E-state index contributed by atoms with van der Waals surface area (Å²) >= 11 is 0. The molecule has 56 heavy (non-hydrogen) atoms. The number of imidazole rings is 2. The number of fused-ring (bicyclic) bond motifs is 6. The Labute approximate surface area is 325 Å².